The second-order valence-electron chi connectivity index (χ2n) is 6.98. The maximum absolute atomic E-state index is 12.4. The van der Waals surface area contributed by atoms with E-state index in [0.717, 1.165) is 44.5 Å². The summed E-state index contributed by atoms with van der Waals surface area (Å²) >= 11 is 0. The molecule has 1 aromatic rings. The lowest BCUT2D eigenvalue weighted by Gasteiger charge is -2.40. The van der Waals surface area contributed by atoms with E-state index in [1.54, 1.807) is 0 Å². The van der Waals surface area contributed by atoms with Crippen LogP contribution in [0, 0.1) is 0 Å². The molecule has 2 atom stereocenters. The lowest BCUT2D eigenvalue weighted by molar-refractivity contribution is 0.0452. The van der Waals surface area contributed by atoms with Crippen molar-refractivity contribution >= 4 is 5.91 Å². The van der Waals surface area contributed by atoms with Crippen molar-refractivity contribution in [1.29, 1.82) is 0 Å². The summed E-state index contributed by atoms with van der Waals surface area (Å²) < 4.78 is 0. The molecule has 2 aliphatic heterocycles. The topological polar surface area (TPSA) is 43.8 Å². The lowest BCUT2D eigenvalue weighted by atomic mass is 9.96. The molecular formula is C19H28N2O2. The normalized spacial score (nSPS) is 25.7. The quantitative estimate of drug-likeness (QED) is 0.929. The SMILES string of the molecule is CC1CCCC(CO)N1Cc1ccc(C(=O)N2CCCC2)cc1. The second kappa shape index (κ2) is 7.45. The Balaban J connectivity index is 1.65. The number of piperidine rings is 1. The highest BCUT2D eigenvalue weighted by Gasteiger charge is 2.27. The zero-order valence-electron chi connectivity index (χ0n) is 14.1. The molecule has 0 radical (unpaired) electrons. The summed E-state index contributed by atoms with van der Waals surface area (Å²) in [5, 5.41) is 9.60. The van der Waals surface area contributed by atoms with E-state index < -0.39 is 0 Å². The highest BCUT2D eigenvalue weighted by atomic mass is 16.3. The van der Waals surface area contributed by atoms with Gasteiger partial charge in [-0.1, -0.05) is 18.6 Å². The van der Waals surface area contributed by atoms with Gasteiger partial charge in [-0.3, -0.25) is 9.69 Å². The summed E-state index contributed by atoms with van der Waals surface area (Å²) in [6.45, 7) is 5.11. The fourth-order valence-electron chi connectivity index (χ4n) is 3.89. The summed E-state index contributed by atoms with van der Waals surface area (Å²) in [7, 11) is 0. The number of carbonyl (C=O) groups excluding carboxylic acids is 1. The minimum absolute atomic E-state index is 0.161. The predicted octanol–water partition coefficient (Wildman–Crippen LogP) is 2.66. The third kappa shape index (κ3) is 3.75. The number of likely N-dealkylation sites (tertiary alicyclic amines) is 2. The molecule has 0 aromatic heterocycles. The van der Waals surface area contributed by atoms with Crippen molar-refractivity contribution in [1.82, 2.24) is 9.80 Å². The highest BCUT2D eigenvalue weighted by molar-refractivity contribution is 5.94. The third-order valence-electron chi connectivity index (χ3n) is 5.36. The molecule has 4 heteroatoms. The molecule has 0 aliphatic carbocycles. The molecule has 2 unspecified atom stereocenters. The fraction of sp³-hybridized carbons (Fsp3) is 0.632. The van der Waals surface area contributed by atoms with E-state index in [1.165, 1.54) is 18.4 Å². The van der Waals surface area contributed by atoms with E-state index in [9.17, 15) is 9.90 Å². The van der Waals surface area contributed by atoms with E-state index in [0.29, 0.717) is 6.04 Å². The van der Waals surface area contributed by atoms with Gasteiger partial charge in [0, 0.05) is 37.3 Å². The van der Waals surface area contributed by atoms with E-state index in [4.69, 9.17) is 0 Å². The molecule has 2 fully saturated rings. The van der Waals surface area contributed by atoms with E-state index in [2.05, 4.69) is 24.0 Å². The number of aliphatic hydroxyl groups is 1. The number of nitrogens with zero attached hydrogens (tertiary/aromatic N) is 2. The van der Waals surface area contributed by atoms with Crippen molar-refractivity contribution in [3.05, 3.63) is 35.4 Å². The first-order valence-corrected chi connectivity index (χ1v) is 8.94. The number of aliphatic hydroxyl groups excluding tert-OH is 1. The Morgan fingerprint density at radius 2 is 1.83 bits per heavy atom. The van der Waals surface area contributed by atoms with Crippen LogP contribution in [0.25, 0.3) is 0 Å². The van der Waals surface area contributed by atoms with Crippen LogP contribution >= 0.6 is 0 Å². The maximum Gasteiger partial charge on any atom is 0.253 e. The average Bonchev–Trinajstić information content (AvgIpc) is 3.11. The minimum Gasteiger partial charge on any atom is -0.395 e. The molecule has 0 bridgehead atoms. The first kappa shape index (κ1) is 16.5. The van der Waals surface area contributed by atoms with Crippen LogP contribution in [0.2, 0.25) is 0 Å². The molecule has 126 valence electrons. The van der Waals surface area contributed by atoms with Crippen LogP contribution in [-0.2, 0) is 6.54 Å². The van der Waals surface area contributed by atoms with E-state index in [1.807, 2.05) is 17.0 Å². The Morgan fingerprint density at radius 1 is 1.13 bits per heavy atom. The Kier molecular flexibility index (Phi) is 5.34. The van der Waals surface area contributed by atoms with Gasteiger partial charge < -0.3 is 10.0 Å². The molecule has 2 saturated heterocycles. The minimum atomic E-state index is 0.161. The monoisotopic (exact) mass is 316 g/mol. The van der Waals surface area contributed by atoms with Gasteiger partial charge >= 0.3 is 0 Å². The number of hydrogen-bond acceptors (Lipinski definition) is 3. The fourth-order valence-corrected chi connectivity index (χ4v) is 3.89. The number of amides is 1. The summed E-state index contributed by atoms with van der Waals surface area (Å²) in [6, 6.07) is 8.83. The van der Waals surface area contributed by atoms with Crippen LogP contribution in [-0.4, -0.2) is 52.6 Å². The maximum atomic E-state index is 12.4. The van der Waals surface area contributed by atoms with Crippen molar-refractivity contribution < 1.29 is 9.90 Å². The second-order valence-corrected chi connectivity index (χ2v) is 6.98. The molecule has 2 heterocycles. The first-order chi connectivity index (χ1) is 11.2. The zero-order chi connectivity index (χ0) is 16.2. The number of rotatable bonds is 4. The summed E-state index contributed by atoms with van der Waals surface area (Å²) in [5.74, 6) is 0.161. The Morgan fingerprint density at radius 3 is 2.48 bits per heavy atom. The van der Waals surface area contributed by atoms with Gasteiger partial charge in [0.15, 0.2) is 0 Å². The molecule has 3 rings (SSSR count). The molecule has 23 heavy (non-hydrogen) atoms. The Labute approximate surface area is 139 Å². The standard InChI is InChI=1S/C19H28N2O2/c1-15-5-4-6-18(14-22)21(15)13-16-7-9-17(10-8-16)19(23)20-11-2-3-12-20/h7-10,15,18,22H,2-6,11-14H2,1H3. The van der Waals surface area contributed by atoms with E-state index in [-0.39, 0.29) is 18.6 Å². The molecule has 4 nitrogen and oxygen atoms in total. The molecule has 1 amide bonds. The van der Waals surface area contributed by atoms with Gasteiger partial charge in [-0.2, -0.15) is 0 Å². The van der Waals surface area contributed by atoms with Gasteiger partial charge in [-0.05, 0) is 50.3 Å². The molecule has 0 spiro atoms. The van der Waals surface area contributed by atoms with Crippen molar-refractivity contribution in [2.75, 3.05) is 19.7 Å². The van der Waals surface area contributed by atoms with Gasteiger partial charge in [0.1, 0.15) is 0 Å². The van der Waals surface area contributed by atoms with Crippen LogP contribution in [0.15, 0.2) is 24.3 Å². The largest absolute Gasteiger partial charge is 0.395 e. The number of hydrogen-bond donors (Lipinski definition) is 1. The van der Waals surface area contributed by atoms with Crippen LogP contribution in [0.4, 0.5) is 0 Å². The van der Waals surface area contributed by atoms with Gasteiger partial charge in [0.25, 0.3) is 5.91 Å². The van der Waals surface area contributed by atoms with Crippen LogP contribution in [0.5, 0.6) is 0 Å². The van der Waals surface area contributed by atoms with Gasteiger partial charge in [0.05, 0.1) is 6.61 Å². The molecule has 1 aromatic carbocycles. The molecule has 1 N–H and O–H groups in total. The summed E-state index contributed by atoms with van der Waals surface area (Å²) in [4.78, 5) is 16.7. The van der Waals surface area contributed by atoms with Crippen molar-refractivity contribution in [3.63, 3.8) is 0 Å². The average molecular weight is 316 g/mol. The van der Waals surface area contributed by atoms with E-state index >= 15 is 0 Å². The first-order valence-electron chi connectivity index (χ1n) is 8.94. The van der Waals surface area contributed by atoms with Crippen LogP contribution < -0.4 is 0 Å². The van der Waals surface area contributed by atoms with Crippen molar-refractivity contribution in [3.8, 4) is 0 Å². The van der Waals surface area contributed by atoms with Gasteiger partial charge in [-0.15, -0.1) is 0 Å². The Bertz CT molecular complexity index is 523. The third-order valence-corrected chi connectivity index (χ3v) is 5.36. The number of benzene rings is 1. The predicted molar refractivity (Wildman–Crippen MR) is 91.3 cm³/mol. The summed E-state index contributed by atoms with van der Waals surface area (Å²) in [5.41, 5.74) is 2.01. The van der Waals surface area contributed by atoms with Crippen LogP contribution in [0.3, 0.4) is 0 Å². The van der Waals surface area contributed by atoms with Gasteiger partial charge in [0.2, 0.25) is 0 Å². The summed E-state index contributed by atoms with van der Waals surface area (Å²) in [6.07, 6.45) is 5.72. The smallest absolute Gasteiger partial charge is 0.253 e. The molecular weight excluding hydrogens is 288 g/mol. The number of carbonyl (C=O) groups is 1. The van der Waals surface area contributed by atoms with Crippen molar-refractivity contribution in [2.24, 2.45) is 0 Å². The van der Waals surface area contributed by atoms with Gasteiger partial charge in [-0.25, -0.2) is 0 Å². The van der Waals surface area contributed by atoms with Crippen LogP contribution in [0.1, 0.15) is 54.9 Å². The highest BCUT2D eigenvalue weighted by Crippen LogP contribution is 2.25. The lowest BCUT2D eigenvalue weighted by Crippen LogP contribution is -2.46. The molecule has 0 saturated carbocycles. The van der Waals surface area contributed by atoms with Crippen molar-refractivity contribution in [2.45, 2.75) is 57.7 Å². The zero-order valence-corrected chi connectivity index (χ0v) is 14.1. The molecule has 2 aliphatic rings. The Hall–Kier alpha value is -1.39.